The molecule has 0 aliphatic heterocycles. The van der Waals surface area contributed by atoms with Crippen LogP contribution in [0.5, 0.6) is 0 Å². The number of carboxylic acid groups (broad SMARTS) is 1. The Labute approximate surface area is 118 Å². The van der Waals surface area contributed by atoms with Gasteiger partial charge in [0, 0.05) is 12.7 Å². The van der Waals surface area contributed by atoms with E-state index in [2.05, 4.69) is 9.71 Å². The van der Waals surface area contributed by atoms with Gasteiger partial charge in [0.25, 0.3) is 10.0 Å². The molecular weight excluding hydrogens is 282 g/mol. The molecule has 112 valence electrons. The third-order valence-electron chi connectivity index (χ3n) is 3.34. The highest BCUT2D eigenvalue weighted by molar-refractivity contribution is 7.89. The van der Waals surface area contributed by atoms with Crippen LogP contribution in [-0.4, -0.2) is 35.1 Å². The summed E-state index contributed by atoms with van der Waals surface area (Å²) in [5.41, 5.74) is 0. The van der Waals surface area contributed by atoms with Crippen LogP contribution in [0.4, 0.5) is 0 Å². The quantitative estimate of drug-likeness (QED) is 0.773. The second-order valence-corrected chi connectivity index (χ2v) is 6.76. The number of nitrogens with zero attached hydrogens (tertiary/aromatic N) is 2. The van der Waals surface area contributed by atoms with Crippen molar-refractivity contribution in [3.8, 4) is 0 Å². The van der Waals surface area contributed by atoms with Gasteiger partial charge >= 0.3 is 5.97 Å². The predicted octanol–water partition coefficient (Wildman–Crippen LogP) is 0.743. The number of rotatable bonds is 7. The molecule has 0 radical (unpaired) electrons. The minimum Gasteiger partial charge on any atom is -0.480 e. The number of hydrogen-bond acceptors (Lipinski definition) is 4. The largest absolute Gasteiger partial charge is 0.480 e. The molecule has 1 saturated carbocycles. The maximum atomic E-state index is 12.2. The molecule has 0 saturated heterocycles. The van der Waals surface area contributed by atoms with Crippen LogP contribution in [-0.2, 0) is 21.4 Å². The summed E-state index contributed by atoms with van der Waals surface area (Å²) in [6.45, 7) is 4.39. The zero-order valence-corrected chi connectivity index (χ0v) is 12.4. The van der Waals surface area contributed by atoms with Crippen molar-refractivity contribution in [2.45, 2.75) is 50.7 Å². The summed E-state index contributed by atoms with van der Waals surface area (Å²) >= 11 is 0. The van der Waals surface area contributed by atoms with Gasteiger partial charge in [0.15, 0.2) is 5.03 Å². The lowest BCUT2D eigenvalue weighted by molar-refractivity contribution is -0.139. The van der Waals surface area contributed by atoms with Gasteiger partial charge in [0.2, 0.25) is 0 Å². The van der Waals surface area contributed by atoms with E-state index in [1.54, 1.807) is 11.5 Å². The van der Waals surface area contributed by atoms with Crippen molar-refractivity contribution in [3.05, 3.63) is 12.0 Å². The Balaban J connectivity index is 2.21. The number of aliphatic carboxylic acids is 1. The van der Waals surface area contributed by atoms with E-state index in [4.69, 9.17) is 5.11 Å². The summed E-state index contributed by atoms with van der Waals surface area (Å²) in [6.07, 6.45) is 3.79. The Morgan fingerprint density at radius 1 is 1.60 bits per heavy atom. The number of aromatic nitrogens is 2. The smallest absolute Gasteiger partial charge is 0.322 e. The van der Waals surface area contributed by atoms with Crippen molar-refractivity contribution in [2.24, 2.45) is 5.92 Å². The summed E-state index contributed by atoms with van der Waals surface area (Å²) in [4.78, 5) is 15.1. The van der Waals surface area contributed by atoms with E-state index in [-0.39, 0.29) is 10.9 Å². The van der Waals surface area contributed by atoms with Gasteiger partial charge in [-0.25, -0.2) is 13.4 Å². The summed E-state index contributed by atoms with van der Waals surface area (Å²) in [5.74, 6) is -0.646. The number of nitrogens with one attached hydrogen (secondary N) is 1. The van der Waals surface area contributed by atoms with Crippen LogP contribution in [0.1, 0.15) is 32.0 Å². The van der Waals surface area contributed by atoms with Crippen LogP contribution in [0.2, 0.25) is 0 Å². The Hall–Kier alpha value is -1.41. The van der Waals surface area contributed by atoms with Crippen LogP contribution in [0, 0.1) is 12.8 Å². The summed E-state index contributed by atoms with van der Waals surface area (Å²) in [6, 6.07) is -1.06. The standard InChI is InChI=1S/C12H19N3O4S/c1-3-6-15-7-10(13-8(15)2)20(18,19)14-11(12(16)17)9-4-5-9/h7,9,11,14H,3-6H2,1-2H3,(H,16,17). The minimum atomic E-state index is -3.89. The van der Waals surface area contributed by atoms with Crippen molar-refractivity contribution in [3.63, 3.8) is 0 Å². The molecule has 1 fully saturated rings. The molecule has 2 N–H and O–H groups in total. The van der Waals surface area contributed by atoms with Crippen LogP contribution >= 0.6 is 0 Å². The summed E-state index contributed by atoms with van der Waals surface area (Å²) in [7, 11) is -3.89. The van der Waals surface area contributed by atoms with Crippen molar-refractivity contribution in [1.29, 1.82) is 0 Å². The first-order valence-corrected chi connectivity index (χ1v) is 8.12. The Bertz CT molecular complexity index is 604. The monoisotopic (exact) mass is 301 g/mol. The zero-order valence-electron chi connectivity index (χ0n) is 11.5. The molecule has 0 spiro atoms. The van der Waals surface area contributed by atoms with E-state index in [0.717, 1.165) is 19.3 Å². The lowest BCUT2D eigenvalue weighted by atomic mass is 10.2. The molecule has 0 aromatic carbocycles. The molecule has 0 amide bonds. The highest BCUT2D eigenvalue weighted by atomic mass is 32.2. The second kappa shape index (κ2) is 5.53. The van der Waals surface area contributed by atoms with Gasteiger partial charge in [-0.05, 0) is 32.1 Å². The number of carbonyl (C=O) groups is 1. The van der Waals surface area contributed by atoms with E-state index in [0.29, 0.717) is 12.4 Å². The van der Waals surface area contributed by atoms with E-state index < -0.39 is 22.0 Å². The van der Waals surface area contributed by atoms with Gasteiger partial charge < -0.3 is 9.67 Å². The fraction of sp³-hybridized carbons (Fsp3) is 0.667. The molecule has 8 heteroatoms. The van der Waals surface area contributed by atoms with Gasteiger partial charge in [0.1, 0.15) is 11.9 Å². The first-order chi connectivity index (χ1) is 9.35. The molecule has 2 rings (SSSR count). The van der Waals surface area contributed by atoms with Crippen molar-refractivity contribution < 1.29 is 18.3 Å². The Morgan fingerprint density at radius 2 is 2.25 bits per heavy atom. The topological polar surface area (TPSA) is 101 Å². The van der Waals surface area contributed by atoms with Crippen LogP contribution < -0.4 is 4.72 Å². The molecular formula is C12H19N3O4S. The van der Waals surface area contributed by atoms with E-state index in [9.17, 15) is 13.2 Å². The number of sulfonamides is 1. The number of imidazole rings is 1. The molecule has 1 aromatic rings. The normalized spacial score (nSPS) is 17.1. The lowest BCUT2D eigenvalue weighted by Crippen LogP contribution is -2.42. The first kappa shape index (κ1) is 15.0. The molecule has 0 bridgehead atoms. The Morgan fingerprint density at radius 3 is 2.75 bits per heavy atom. The molecule has 1 heterocycles. The predicted molar refractivity (Wildman–Crippen MR) is 71.7 cm³/mol. The van der Waals surface area contributed by atoms with Crippen molar-refractivity contribution in [1.82, 2.24) is 14.3 Å². The van der Waals surface area contributed by atoms with Crippen LogP contribution in [0.3, 0.4) is 0 Å². The highest BCUT2D eigenvalue weighted by Crippen LogP contribution is 2.33. The first-order valence-electron chi connectivity index (χ1n) is 6.64. The molecule has 1 aliphatic carbocycles. The summed E-state index contributed by atoms with van der Waals surface area (Å²) in [5, 5.41) is 8.97. The van der Waals surface area contributed by atoms with Crippen LogP contribution in [0.25, 0.3) is 0 Å². The Kier molecular flexibility index (Phi) is 4.14. The van der Waals surface area contributed by atoms with Gasteiger partial charge in [0.05, 0.1) is 0 Å². The van der Waals surface area contributed by atoms with Gasteiger partial charge in [-0.1, -0.05) is 6.92 Å². The zero-order chi connectivity index (χ0) is 14.9. The van der Waals surface area contributed by atoms with E-state index in [1.165, 1.54) is 6.20 Å². The second-order valence-electron chi connectivity index (χ2n) is 5.09. The van der Waals surface area contributed by atoms with Crippen molar-refractivity contribution >= 4 is 16.0 Å². The maximum Gasteiger partial charge on any atom is 0.322 e. The number of hydrogen-bond donors (Lipinski definition) is 2. The van der Waals surface area contributed by atoms with Crippen LogP contribution in [0.15, 0.2) is 11.2 Å². The number of aryl methyl sites for hydroxylation is 2. The number of carboxylic acids is 1. The average Bonchev–Trinajstić information content (AvgIpc) is 3.12. The van der Waals surface area contributed by atoms with Gasteiger partial charge in [-0.3, -0.25) is 4.79 Å². The molecule has 20 heavy (non-hydrogen) atoms. The third-order valence-corrected chi connectivity index (χ3v) is 4.65. The molecule has 1 unspecified atom stereocenters. The van der Waals surface area contributed by atoms with Crippen molar-refractivity contribution in [2.75, 3.05) is 0 Å². The van der Waals surface area contributed by atoms with Gasteiger partial charge in [-0.2, -0.15) is 4.72 Å². The molecule has 1 aliphatic rings. The van der Waals surface area contributed by atoms with E-state index in [1.807, 2.05) is 6.92 Å². The third kappa shape index (κ3) is 3.18. The minimum absolute atomic E-state index is 0.110. The molecule has 7 nitrogen and oxygen atoms in total. The molecule has 1 aromatic heterocycles. The average molecular weight is 301 g/mol. The molecule has 1 atom stereocenters. The highest BCUT2D eigenvalue weighted by Gasteiger charge is 2.39. The SMILES string of the molecule is CCCn1cc(S(=O)(=O)NC(C(=O)O)C2CC2)nc1C. The fourth-order valence-electron chi connectivity index (χ4n) is 2.08. The van der Waals surface area contributed by atoms with Gasteiger partial charge in [-0.15, -0.1) is 0 Å². The lowest BCUT2D eigenvalue weighted by Gasteiger charge is -2.12. The maximum absolute atomic E-state index is 12.2. The fourth-order valence-corrected chi connectivity index (χ4v) is 3.35. The van der Waals surface area contributed by atoms with E-state index >= 15 is 0 Å². The summed E-state index contributed by atoms with van der Waals surface area (Å²) < 4.78 is 28.4.